The van der Waals surface area contributed by atoms with Gasteiger partial charge in [0.05, 0.1) is 7.11 Å². The third-order valence-electron chi connectivity index (χ3n) is 2.01. The highest BCUT2D eigenvalue weighted by molar-refractivity contribution is 5.76. The molecule has 0 aliphatic heterocycles. The summed E-state index contributed by atoms with van der Waals surface area (Å²) in [5.41, 5.74) is 1.80. The second-order valence-electron chi connectivity index (χ2n) is 3.18. The average molecular weight is 192 g/mol. The fraction of sp³-hybridized carbons (Fsp3) is 0.333. The maximum Gasteiger partial charge on any atom is 0.121 e. The molecule has 0 bridgehead atoms. The Kier molecular flexibility index (Phi) is 1.99. The molecule has 5 heteroatoms. The van der Waals surface area contributed by atoms with E-state index in [2.05, 4.69) is 10.3 Å². The van der Waals surface area contributed by atoms with Crippen LogP contribution in [-0.2, 0) is 0 Å². The normalized spacial score (nSPS) is 10.5. The standard InChI is InChI=1S/C9H12N4O/c1-12(2)13-9-6-7(14-3)4-5-8(9)10-11-13/h4-6H,1-3H3. The van der Waals surface area contributed by atoms with Crippen molar-refractivity contribution < 1.29 is 4.74 Å². The number of methoxy groups -OCH3 is 1. The molecule has 0 saturated heterocycles. The number of hydrogen-bond acceptors (Lipinski definition) is 4. The Morgan fingerprint density at radius 1 is 1.36 bits per heavy atom. The van der Waals surface area contributed by atoms with E-state index in [4.69, 9.17) is 4.74 Å². The van der Waals surface area contributed by atoms with Crippen molar-refractivity contribution in [2.75, 3.05) is 26.2 Å². The number of ether oxygens (including phenoxy) is 1. The summed E-state index contributed by atoms with van der Waals surface area (Å²) in [4.78, 5) is 1.72. The van der Waals surface area contributed by atoms with Gasteiger partial charge in [-0.25, -0.2) is 0 Å². The van der Waals surface area contributed by atoms with Gasteiger partial charge in [-0.05, 0) is 17.3 Å². The van der Waals surface area contributed by atoms with E-state index in [1.807, 2.05) is 37.3 Å². The summed E-state index contributed by atoms with van der Waals surface area (Å²) < 4.78 is 5.14. The van der Waals surface area contributed by atoms with Crippen LogP contribution >= 0.6 is 0 Å². The zero-order valence-electron chi connectivity index (χ0n) is 8.43. The number of benzene rings is 1. The Balaban J connectivity index is 2.63. The lowest BCUT2D eigenvalue weighted by molar-refractivity contribution is 0.415. The highest BCUT2D eigenvalue weighted by atomic mass is 16.5. The minimum atomic E-state index is 0.808. The van der Waals surface area contributed by atoms with Crippen molar-refractivity contribution in [1.29, 1.82) is 0 Å². The van der Waals surface area contributed by atoms with E-state index in [-0.39, 0.29) is 0 Å². The molecule has 2 aromatic rings. The molecule has 74 valence electrons. The molecular formula is C9H12N4O. The van der Waals surface area contributed by atoms with Gasteiger partial charge in [0.25, 0.3) is 0 Å². The highest BCUT2D eigenvalue weighted by Crippen LogP contribution is 2.18. The van der Waals surface area contributed by atoms with Gasteiger partial charge in [0, 0.05) is 20.2 Å². The van der Waals surface area contributed by atoms with Crippen molar-refractivity contribution in [3.05, 3.63) is 18.2 Å². The zero-order valence-corrected chi connectivity index (χ0v) is 8.43. The smallest absolute Gasteiger partial charge is 0.121 e. The van der Waals surface area contributed by atoms with Crippen LogP contribution in [0.1, 0.15) is 0 Å². The first kappa shape index (κ1) is 8.80. The largest absolute Gasteiger partial charge is 0.497 e. The van der Waals surface area contributed by atoms with E-state index in [1.165, 1.54) is 0 Å². The Hall–Kier alpha value is -1.78. The third-order valence-corrected chi connectivity index (χ3v) is 2.01. The van der Waals surface area contributed by atoms with Crippen LogP contribution in [0.3, 0.4) is 0 Å². The van der Waals surface area contributed by atoms with E-state index in [1.54, 1.807) is 11.9 Å². The van der Waals surface area contributed by atoms with Crippen molar-refractivity contribution in [1.82, 2.24) is 15.1 Å². The molecule has 0 spiro atoms. The van der Waals surface area contributed by atoms with Gasteiger partial charge in [0.2, 0.25) is 0 Å². The SMILES string of the molecule is COc1ccc2nnn(N(C)C)c2c1. The minimum absolute atomic E-state index is 0.808. The van der Waals surface area contributed by atoms with Gasteiger partial charge in [0.15, 0.2) is 0 Å². The first-order valence-electron chi connectivity index (χ1n) is 4.29. The molecule has 2 rings (SSSR count). The lowest BCUT2D eigenvalue weighted by atomic mass is 10.3. The van der Waals surface area contributed by atoms with E-state index in [0.717, 1.165) is 16.8 Å². The van der Waals surface area contributed by atoms with Gasteiger partial charge < -0.3 is 9.75 Å². The Bertz CT molecular complexity index is 449. The molecule has 14 heavy (non-hydrogen) atoms. The topological polar surface area (TPSA) is 43.2 Å². The fourth-order valence-electron chi connectivity index (χ4n) is 1.31. The van der Waals surface area contributed by atoms with Crippen LogP contribution in [0.5, 0.6) is 5.75 Å². The molecule has 0 aliphatic rings. The Morgan fingerprint density at radius 2 is 2.14 bits per heavy atom. The number of rotatable bonds is 2. The number of nitrogens with zero attached hydrogens (tertiary/aromatic N) is 4. The van der Waals surface area contributed by atoms with Crippen molar-refractivity contribution in [3.63, 3.8) is 0 Å². The summed E-state index contributed by atoms with van der Waals surface area (Å²) in [6, 6.07) is 5.67. The number of hydrogen-bond donors (Lipinski definition) is 0. The summed E-state index contributed by atoms with van der Waals surface area (Å²) in [7, 11) is 5.46. The van der Waals surface area contributed by atoms with Crippen LogP contribution in [0.4, 0.5) is 0 Å². The Morgan fingerprint density at radius 3 is 2.79 bits per heavy atom. The van der Waals surface area contributed by atoms with Crippen molar-refractivity contribution in [2.24, 2.45) is 0 Å². The molecule has 0 radical (unpaired) electrons. The first-order chi connectivity index (χ1) is 6.72. The maximum atomic E-state index is 5.14. The lowest BCUT2D eigenvalue weighted by Gasteiger charge is -2.11. The third kappa shape index (κ3) is 1.26. The monoisotopic (exact) mass is 192 g/mol. The van der Waals surface area contributed by atoms with Crippen molar-refractivity contribution in [3.8, 4) is 5.75 Å². The van der Waals surface area contributed by atoms with Crippen LogP contribution in [0.2, 0.25) is 0 Å². The van der Waals surface area contributed by atoms with Crippen LogP contribution < -0.4 is 9.75 Å². The van der Waals surface area contributed by atoms with E-state index < -0.39 is 0 Å². The molecular weight excluding hydrogens is 180 g/mol. The van der Waals surface area contributed by atoms with E-state index >= 15 is 0 Å². The van der Waals surface area contributed by atoms with Crippen LogP contribution in [0.25, 0.3) is 11.0 Å². The molecule has 0 saturated carbocycles. The number of fused-ring (bicyclic) bond motifs is 1. The molecule has 0 aliphatic carbocycles. The van der Waals surface area contributed by atoms with E-state index in [9.17, 15) is 0 Å². The van der Waals surface area contributed by atoms with Gasteiger partial charge in [-0.15, -0.1) is 5.10 Å². The van der Waals surface area contributed by atoms with Gasteiger partial charge in [-0.2, -0.15) is 4.79 Å². The number of aromatic nitrogens is 3. The second-order valence-corrected chi connectivity index (χ2v) is 3.18. The fourth-order valence-corrected chi connectivity index (χ4v) is 1.31. The predicted molar refractivity (Wildman–Crippen MR) is 54.1 cm³/mol. The summed E-state index contributed by atoms with van der Waals surface area (Å²) in [6.45, 7) is 0. The molecule has 1 aromatic heterocycles. The summed E-state index contributed by atoms with van der Waals surface area (Å²) in [5.74, 6) is 0.808. The molecule has 5 nitrogen and oxygen atoms in total. The molecule has 1 heterocycles. The molecule has 0 N–H and O–H groups in total. The molecule has 0 fully saturated rings. The predicted octanol–water partition coefficient (Wildman–Crippen LogP) is 0.637. The van der Waals surface area contributed by atoms with E-state index in [0.29, 0.717) is 0 Å². The van der Waals surface area contributed by atoms with Gasteiger partial charge >= 0.3 is 0 Å². The highest BCUT2D eigenvalue weighted by Gasteiger charge is 2.06. The molecule has 0 unspecified atom stereocenters. The van der Waals surface area contributed by atoms with Gasteiger partial charge in [0.1, 0.15) is 16.8 Å². The van der Waals surface area contributed by atoms with Crippen molar-refractivity contribution >= 4 is 11.0 Å². The lowest BCUT2D eigenvalue weighted by Crippen LogP contribution is -2.25. The molecule has 0 atom stereocenters. The van der Waals surface area contributed by atoms with Crippen molar-refractivity contribution in [2.45, 2.75) is 0 Å². The average Bonchev–Trinajstić information content (AvgIpc) is 2.59. The zero-order chi connectivity index (χ0) is 10.1. The Labute approximate surface area is 81.8 Å². The summed E-state index contributed by atoms with van der Waals surface area (Å²) in [6.07, 6.45) is 0. The molecule has 1 aromatic carbocycles. The quantitative estimate of drug-likeness (QED) is 0.700. The minimum Gasteiger partial charge on any atom is -0.497 e. The first-order valence-corrected chi connectivity index (χ1v) is 4.29. The van der Waals surface area contributed by atoms with Gasteiger partial charge in [-0.3, -0.25) is 0 Å². The van der Waals surface area contributed by atoms with Crippen LogP contribution in [-0.4, -0.2) is 36.3 Å². The van der Waals surface area contributed by atoms with Gasteiger partial charge in [-0.1, -0.05) is 0 Å². The van der Waals surface area contributed by atoms with Crippen LogP contribution in [0, 0.1) is 0 Å². The van der Waals surface area contributed by atoms with Crippen LogP contribution in [0.15, 0.2) is 18.2 Å². The summed E-state index contributed by atoms with van der Waals surface area (Å²) in [5, 5.41) is 9.89. The summed E-state index contributed by atoms with van der Waals surface area (Å²) >= 11 is 0. The molecule has 0 amide bonds. The maximum absolute atomic E-state index is 5.14. The second kappa shape index (κ2) is 3.17.